The van der Waals surface area contributed by atoms with Gasteiger partial charge in [0.15, 0.2) is 11.7 Å². The van der Waals surface area contributed by atoms with Gasteiger partial charge in [-0.2, -0.15) is 0 Å². The van der Waals surface area contributed by atoms with Crippen LogP contribution in [-0.4, -0.2) is 36.8 Å². The first-order valence-electron chi connectivity index (χ1n) is 7.96. The lowest BCUT2D eigenvalue weighted by atomic mass is 10.1. The number of benzene rings is 1. The monoisotopic (exact) mass is 347 g/mol. The number of anilines is 1. The summed E-state index contributed by atoms with van der Waals surface area (Å²) in [5.74, 6) is 0.504. The number of aryl methyl sites for hydroxylation is 1. The highest BCUT2D eigenvalue weighted by atomic mass is 32.1. The average Bonchev–Trinajstić information content (AvgIpc) is 3.21. The number of ether oxygens (including phenoxy) is 2. The first-order valence-corrected chi connectivity index (χ1v) is 8.78. The Morgan fingerprint density at radius 3 is 2.88 bits per heavy atom. The minimum atomic E-state index is -0.141. The first-order chi connectivity index (χ1) is 11.6. The third-order valence-electron chi connectivity index (χ3n) is 3.86. The van der Waals surface area contributed by atoms with Crippen LogP contribution in [0.4, 0.5) is 5.13 Å². The van der Waals surface area contributed by atoms with Crippen LogP contribution in [0.1, 0.15) is 17.7 Å². The molecule has 0 spiro atoms. The van der Waals surface area contributed by atoms with Gasteiger partial charge >= 0.3 is 0 Å². The van der Waals surface area contributed by atoms with E-state index in [1.165, 1.54) is 11.3 Å². The Kier molecular flexibility index (Phi) is 5.32. The molecule has 1 unspecified atom stereocenters. The van der Waals surface area contributed by atoms with E-state index in [0.717, 1.165) is 35.6 Å². The molecule has 7 heteroatoms. The molecule has 0 bridgehead atoms. The Morgan fingerprint density at radius 1 is 1.46 bits per heavy atom. The molecule has 0 saturated carbocycles. The van der Waals surface area contributed by atoms with Crippen molar-refractivity contribution in [3.05, 3.63) is 29.1 Å². The number of rotatable bonds is 6. The summed E-state index contributed by atoms with van der Waals surface area (Å²) in [5, 5.41) is 3.39. The third-order valence-corrected chi connectivity index (χ3v) is 4.66. The molecular weight excluding hydrogens is 326 g/mol. The predicted octanol–water partition coefficient (Wildman–Crippen LogP) is 2.37. The molecule has 3 N–H and O–H groups in total. The van der Waals surface area contributed by atoms with Gasteiger partial charge in [0, 0.05) is 23.6 Å². The van der Waals surface area contributed by atoms with Gasteiger partial charge in [-0.3, -0.25) is 4.79 Å². The van der Waals surface area contributed by atoms with Crippen molar-refractivity contribution in [2.45, 2.75) is 25.9 Å². The standard InChI is InChI=1S/C17H21N3O3S/c1-11-16(20-17(18)24-11)12-4-6-13(7-5-12)23-10-15(21)19-9-14-3-2-8-22-14/h4-7,14H,2-3,8-10H2,1H3,(H2,18,20)(H,19,21). The zero-order valence-corrected chi connectivity index (χ0v) is 14.4. The molecule has 1 saturated heterocycles. The van der Waals surface area contributed by atoms with Gasteiger partial charge in [-0.15, -0.1) is 11.3 Å². The average molecular weight is 347 g/mol. The highest BCUT2D eigenvalue weighted by Crippen LogP contribution is 2.29. The van der Waals surface area contributed by atoms with Crippen LogP contribution < -0.4 is 15.8 Å². The van der Waals surface area contributed by atoms with Crippen LogP contribution in [0.5, 0.6) is 5.75 Å². The molecule has 0 aliphatic carbocycles. The van der Waals surface area contributed by atoms with Crippen LogP contribution in [0.2, 0.25) is 0 Å². The summed E-state index contributed by atoms with van der Waals surface area (Å²) in [7, 11) is 0. The Balaban J connectivity index is 1.49. The van der Waals surface area contributed by atoms with Gasteiger partial charge in [-0.1, -0.05) is 0 Å². The number of carbonyl (C=O) groups is 1. The summed E-state index contributed by atoms with van der Waals surface area (Å²) >= 11 is 1.47. The Hall–Kier alpha value is -2.12. The number of nitrogens with one attached hydrogen (secondary N) is 1. The molecule has 3 rings (SSSR count). The fourth-order valence-corrected chi connectivity index (χ4v) is 3.34. The number of hydrogen-bond donors (Lipinski definition) is 2. The van der Waals surface area contributed by atoms with E-state index in [4.69, 9.17) is 15.2 Å². The fraction of sp³-hybridized carbons (Fsp3) is 0.412. The van der Waals surface area contributed by atoms with Crippen molar-refractivity contribution in [1.29, 1.82) is 0 Å². The number of nitrogen functional groups attached to an aromatic ring is 1. The van der Waals surface area contributed by atoms with E-state index in [1.807, 2.05) is 31.2 Å². The number of hydrogen-bond acceptors (Lipinski definition) is 6. The second kappa shape index (κ2) is 7.63. The number of nitrogens with zero attached hydrogens (tertiary/aromatic N) is 1. The normalized spacial score (nSPS) is 17.0. The highest BCUT2D eigenvalue weighted by Gasteiger charge is 2.16. The number of thiazole rings is 1. The van der Waals surface area contributed by atoms with Crippen molar-refractivity contribution in [3.8, 4) is 17.0 Å². The molecule has 1 amide bonds. The van der Waals surface area contributed by atoms with Crippen molar-refractivity contribution in [2.75, 3.05) is 25.5 Å². The Bertz CT molecular complexity index is 694. The summed E-state index contributed by atoms with van der Waals surface area (Å²) in [6, 6.07) is 7.50. The lowest BCUT2D eigenvalue weighted by molar-refractivity contribution is -0.123. The minimum Gasteiger partial charge on any atom is -0.484 e. The molecule has 24 heavy (non-hydrogen) atoms. The van der Waals surface area contributed by atoms with Gasteiger partial charge in [0.1, 0.15) is 5.75 Å². The first kappa shape index (κ1) is 16.7. The largest absolute Gasteiger partial charge is 0.484 e. The van der Waals surface area contributed by atoms with Crippen molar-refractivity contribution in [2.24, 2.45) is 0 Å². The van der Waals surface area contributed by atoms with E-state index in [2.05, 4.69) is 10.3 Å². The molecule has 1 aromatic carbocycles. The quantitative estimate of drug-likeness (QED) is 0.838. The molecule has 2 heterocycles. The van der Waals surface area contributed by atoms with Crippen molar-refractivity contribution < 1.29 is 14.3 Å². The maximum atomic E-state index is 11.8. The molecule has 0 radical (unpaired) electrons. The molecule has 1 atom stereocenters. The molecule has 1 fully saturated rings. The predicted molar refractivity (Wildman–Crippen MR) is 94.2 cm³/mol. The van der Waals surface area contributed by atoms with E-state index < -0.39 is 0 Å². The van der Waals surface area contributed by atoms with E-state index in [9.17, 15) is 4.79 Å². The summed E-state index contributed by atoms with van der Waals surface area (Å²) < 4.78 is 11.0. The molecular formula is C17H21N3O3S. The number of amides is 1. The van der Waals surface area contributed by atoms with Crippen LogP contribution in [0, 0.1) is 6.92 Å². The van der Waals surface area contributed by atoms with E-state index in [-0.39, 0.29) is 18.6 Å². The molecule has 128 valence electrons. The maximum Gasteiger partial charge on any atom is 0.258 e. The fourth-order valence-electron chi connectivity index (χ4n) is 2.63. The van der Waals surface area contributed by atoms with Crippen LogP contribution in [0.15, 0.2) is 24.3 Å². The summed E-state index contributed by atoms with van der Waals surface area (Å²) in [6.45, 7) is 3.32. The van der Waals surface area contributed by atoms with Gasteiger partial charge in [0.05, 0.1) is 11.8 Å². The summed E-state index contributed by atoms with van der Waals surface area (Å²) in [4.78, 5) is 17.2. The van der Waals surface area contributed by atoms with Crippen LogP contribution in [-0.2, 0) is 9.53 Å². The molecule has 6 nitrogen and oxygen atoms in total. The number of aromatic nitrogens is 1. The van der Waals surface area contributed by atoms with Crippen LogP contribution >= 0.6 is 11.3 Å². The number of carbonyl (C=O) groups excluding carboxylic acids is 1. The van der Waals surface area contributed by atoms with Gasteiger partial charge in [-0.25, -0.2) is 4.98 Å². The van der Waals surface area contributed by atoms with Crippen LogP contribution in [0.25, 0.3) is 11.3 Å². The van der Waals surface area contributed by atoms with E-state index in [1.54, 1.807) is 0 Å². The Labute approximate surface area is 145 Å². The van der Waals surface area contributed by atoms with Gasteiger partial charge in [0.25, 0.3) is 5.91 Å². The molecule has 1 aromatic heterocycles. The number of nitrogens with two attached hydrogens (primary N) is 1. The highest BCUT2D eigenvalue weighted by molar-refractivity contribution is 7.15. The topological polar surface area (TPSA) is 86.5 Å². The zero-order chi connectivity index (χ0) is 16.9. The third kappa shape index (κ3) is 4.24. The molecule has 1 aliphatic heterocycles. The van der Waals surface area contributed by atoms with Gasteiger partial charge in [-0.05, 0) is 44.0 Å². The van der Waals surface area contributed by atoms with Crippen molar-refractivity contribution in [3.63, 3.8) is 0 Å². The van der Waals surface area contributed by atoms with Crippen molar-refractivity contribution in [1.82, 2.24) is 10.3 Å². The lowest BCUT2D eigenvalue weighted by Crippen LogP contribution is -2.35. The van der Waals surface area contributed by atoms with E-state index in [0.29, 0.717) is 17.4 Å². The van der Waals surface area contributed by atoms with Gasteiger partial charge in [0.2, 0.25) is 0 Å². The maximum absolute atomic E-state index is 11.8. The molecule has 1 aliphatic rings. The van der Waals surface area contributed by atoms with Crippen molar-refractivity contribution >= 4 is 22.4 Å². The molecule has 2 aromatic rings. The second-order valence-electron chi connectivity index (χ2n) is 5.71. The smallest absolute Gasteiger partial charge is 0.258 e. The van der Waals surface area contributed by atoms with Crippen LogP contribution in [0.3, 0.4) is 0 Å². The summed E-state index contributed by atoms with van der Waals surface area (Å²) in [5.41, 5.74) is 7.60. The SMILES string of the molecule is Cc1sc(N)nc1-c1ccc(OCC(=O)NCC2CCCO2)cc1. The minimum absolute atomic E-state index is 0.00521. The lowest BCUT2D eigenvalue weighted by Gasteiger charge is -2.11. The summed E-state index contributed by atoms with van der Waals surface area (Å²) in [6.07, 6.45) is 2.21. The van der Waals surface area contributed by atoms with Gasteiger partial charge < -0.3 is 20.5 Å². The Morgan fingerprint density at radius 2 is 2.25 bits per heavy atom. The van der Waals surface area contributed by atoms with E-state index >= 15 is 0 Å². The zero-order valence-electron chi connectivity index (χ0n) is 13.6. The second-order valence-corrected chi connectivity index (χ2v) is 6.94.